The molecule has 0 amide bonds. The molecular weight excluding hydrogens is 597 g/mol. The fourth-order valence-corrected chi connectivity index (χ4v) is 12.8. The normalized spacial score (nSPS) is 12.0. The van der Waals surface area contributed by atoms with Gasteiger partial charge in [0, 0.05) is 0 Å². The molecule has 4 aromatic rings. The van der Waals surface area contributed by atoms with Crippen molar-refractivity contribution in [2.75, 3.05) is 0 Å². The van der Waals surface area contributed by atoms with Crippen LogP contribution in [0.4, 0.5) is 0 Å². The zero-order valence-corrected chi connectivity index (χ0v) is 25.8. The quantitative estimate of drug-likeness (QED) is 0.0799. The topological polar surface area (TPSA) is 0 Å². The molecule has 180 valence electrons. The maximum absolute atomic E-state index is 2.60. The van der Waals surface area contributed by atoms with Gasteiger partial charge in [-0.25, -0.2) is 0 Å². The SMILES string of the molecule is CCCCCCCCCCCCCCCCCCc1cc2c3cc[se]c3c3[se]ccc3c2[se]1. The molecule has 0 spiro atoms. The van der Waals surface area contributed by atoms with Crippen LogP contribution in [0.5, 0.6) is 0 Å². The Kier molecular flexibility index (Phi) is 11.5. The van der Waals surface area contributed by atoms with Crippen molar-refractivity contribution in [1.82, 2.24) is 0 Å². The first-order valence-electron chi connectivity index (χ1n) is 13.7. The van der Waals surface area contributed by atoms with E-state index in [0.29, 0.717) is 43.5 Å². The fourth-order valence-electron chi connectivity index (χ4n) is 5.17. The van der Waals surface area contributed by atoms with Crippen LogP contribution in [0.25, 0.3) is 28.9 Å². The van der Waals surface area contributed by atoms with Crippen molar-refractivity contribution >= 4 is 72.4 Å². The van der Waals surface area contributed by atoms with Gasteiger partial charge in [-0.05, 0) is 0 Å². The number of fused-ring (bicyclic) bond motifs is 6. The molecule has 33 heavy (non-hydrogen) atoms. The number of benzene rings is 1. The van der Waals surface area contributed by atoms with Gasteiger partial charge in [0.2, 0.25) is 0 Å². The Bertz CT molecular complexity index is 1010. The van der Waals surface area contributed by atoms with Crippen molar-refractivity contribution in [2.45, 2.75) is 116 Å². The second kappa shape index (κ2) is 14.5. The Morgan fingerprint density at radius 2 is 1.00 bits per heavy atom. The molecule has 0 bridgehead atoms. The van der Waals surface area contributed by atoms with E-state index in [1.54, 1.807) is 33.4 Å². The molecule has 3 aromatic heterocycles. The molecule has 0 saturated heterocycles. The van der Waals surface area contributed by atoms with Crippen LogP contribution in [0.2, 0.25) is 0 Å². The molecule has 0 aliphatic carbocycles. The van der Waals surface area contributed by atoms with Crippen LogP contribution in [0.3, 0.4) is 0 Å². The second-order valence-corrected chi connectivity index (χ2v) is 16.1. The summed E-state index contributed by atoms with van der Waals surface area (Å²) in [6, 6.07) is 7.49. The van der Waals surface area contributed by atoms with Gasteiger partial charge in [-0.2, -0.15) is 0 Å². The zero-order chi connectivity index (χ0) is 22.7. The molecule has 0 aliphatic rings. The molecule has 3 heteroatoms. The minimum absolute atomic E-state index is 0.581. The number of hydrogen-bond acceptors (Lipinski definition) is 0. The minimum atomic E-state index is 0.581. The molecule has 0 nitrogen and oxygen atoms in total. The van der Waals surface area contributed by atoms with Crippen molar-refractivity contribution in [3.63, 3.8) is 0 Å². The summed E-state index contributed by atoms with van der Waals surface area (Å²) < 4.78 is 6.94. The Balaban J connectivity index is 1.06. The molecule has 3 heterocycles. The zero-order valence-electron chi connectivity index (χ0n) is 20.6. The van der Waals surface area contributed by atoms with E-state index in [0.717, 1.165) is 0 Å². The van der Waals surface area contributed by atoms with Crippen molar-refractivity contribution in [2.24, 2.45) is 0 Å². The monoisotopic (exact) mass is 642 g/mol. The number of hydrogen-bond donors (Lipinski definition) is 0. The van der Waals surface area contributed by atoms with E-state index in [1.165, 1.54) is 109 Å². The molecular formula is C30H42Se3. The van der Waals surface area contributed by atoms with Crippen LogP contribution < -0.4 is 0 Å². The molecule has 0 radical (unpaired) electrons. The van der Waals surface area contributed by atoms with E-state index in [4.69, 9.17) is 0 Å². The first-order valence-corrected chi connectivity index (χ1v) is 19.1. The molecule has 0 aliphatic heterocycles. The van der Waals surface area contributed by atoms with E-state index in [9.17, 15) is 0 Å². The van der Waals surface area contributed by atoms with Crippen molar-refractivity contribution in [1.29, 1.82) is 0 Å². The third kappa shape index (κ3) is 7.49. The fraction of sp³-hybridized carbons (Fsp3) is 0.600. The van der Waals surface area contributed by atoms with Crippen LogP contribution in [0, 0.1) is 0 Å². The van der Waals surface area contributed by atoms with Crippen LogP contribution >= 0.6 is 0 Å². The van der Waals surface area contributed by atoms with Gasteiger partial charge in [0.25, 0.3) is 0 Å². The second-order valence-electron chi connectivity index (χ2n) is 9.84. The van der Waals surface area contributed by atoms with Gasteiger partial charge in [0.1, 0.15) is 0 Å². The predicted octanol–water partition coefficient (Wildman–Crippen LogP) is 9.12. The maximum atomic E-state index is 2.60. The Morgan fingerprint density at radius 3 is 1.58 bits per heavy atom. The van der Waals surface area contributed by atoms with Gasteiger partial charge in [-0.15, -0.1) is 0 Å². The molecule has 4 rings (SSSR count). The summed E-state index contributed by atoms with van der Waals surface area (Å²) in [6.45, 7) is 2.30. The molecule has 0 saturated carbocycles. The van der Waals surface area contributed by atoms with Gasteiger partial charge < -0.3 is 0 Å². The summed E-state index contributed by atoms with van der Waals surface area (Å²) in [5, 5.41) is 4.87. The van der Waals surface area contributed by atoms with Gasteiger partial charge in [-0.3, -0.25) is 0 Å². The van der Waals surface area contributed by atoms with E-state index < -0.39 is 0 Å². The summed E-state index contributed by atoms with van der Waals surface area (Å²) in [7, 11) is 0. The van der Waals surface area contributed by atoms with Crippen molar-refractivity contribution in [3.05, 3.63) is 32.5 Å². The average Bonchev–Trinajstić information content (AvgIpc) is 3.56. The summed E-state index contributed by atoms with van der Waals surface area (Å²) >= 11 is 1.76. The number of unbranched alkanes of at least 4 members (excludes halogenated alkanes) is 15. The summed E-state index contributed by atoms with van der Waals surface area (Å²) in [6.07, 6.45) is 24.6. The van der Waals surface area contributed by atoms with Gasteiger partial charge >= 0.3 is 176 Å². The molecule has 0 unspecified atom stereocenters. The van der Waals surface area contributed by atoms with E-state index >= 15 is 0 Å². The number of rotatable bonds is 17. The van der Waals surface area contributed by atoms with E-state index in [2.05, 4.69) is 35.0 Å². The molecule has 0 fully saturated rings. The standard InChI is InChI=1S/C30H42Se3/c1-2-3-4-5-6-7-8-9-10-11-12-13-14-15-16-17-18-24-23-27-25-19-21-31-29(25)30-26(20-22-32-30)28(27)33-24/h19-23H,2-18H2,1H3. The van der Waals surface area contributed by atoms with Gasteiger partial charge in [-0.1, -0.05) is 45.4 Å². The summed E-state index contributed by atoms with van der Waals surface area (Å²) in [5.41, 5.74) is 0. The number of aryl methyl sites for hydroxylation is 1. The van der Waals surface area contributed by atoms with Crippen LogP contribution in [-0.2, 0) is 6.42 Å². The van der Waals surface area contributed by atoms with Crippen LogP contribution in [0.1, 0.15) is 114 Å². The Hall–Kier alpha value is -0.00156. The van der Waals surface area contributed by atoms with Crippen LogP contribution in [0.15, 0.2) is 28.1 Å². The molecule has 0 atom stereocenters. The third-order valence-corrected chi connectivity index (χ3v) is 14.3. The predicted molar refractivity (Wildman–Crippen MR) is 153 cm³/mol. The summed E-state index contributed by atoms with van der Waals surface area (Å²) in [5.74, 6) is 0. The molecule has 1 aromatic carbocycles. The Labute approximate surface area is 219 Å². The van der Waals surface area contributed by atoms with E-state index in [-0.39, 0.29) is 0 Å². The van der Waals surface area contributed by atoms with Gasteiger partial charge in [0.05, 0.1) is 0 Å². The summed E-state index contributed by atoms with van der Waals surface area (Å²) in [4.78, 5) is 4.90. The third-order valence-electron chi connectivity index (χ3n) is 7.13. The van der Waals surface area contributed by atoms with E-state index in [1.807, 2.05) is 0 Å². The van der Waals surface area contributed by atoms with Crippen molar-refractivity contribution < 1.29 is 0 Å². The average molecular weight is 640 g/mol. The first-order chi connectivity index (χ1) is 16.4. The Morgan fingerprint density at radius 1 is 0.515 bits per heavy atom. The van der Waals surface area contributed by atoms with Crippen LogP contribution in [-0.4, -0.2) is 43.5 Å². The van der Waals surface area contributed by atoms with Gasteiger partial charge in [0.15, 0.2) is 0 Å². The van der Waals surface area contributed by atoms with Crippen molar-refractivity contribution in [3.8, 4) is 0 Å². The molecule has 0 N–H and O–H groups in total. The first kappa shape index (κ1) is 26.1.